The predicted molar refractivity (Wildman–Crippen MR) is 58.4 cm³/mol. The van der Waals surface area contributed by atoms with E-state index in [0.717, 1.165) is 19.3 Å². The number of halogens is 3. The molecule has 9 heteroatoms. The van der Waals surface area contributed by atoms with Crippen LogP contribution in [0.3, 0.4) is 0 Å². The van der Waals surface area contributed by atoms with Crippen molar-refractivity contribution in [1.82, 2.24) is 0 Å². The fraction of sp³-hybridized carbons (Fsp3) is 0.900. The smallest absolute Gasteiger partial charge is 0.464 e. The van der Waals surface area contributed by atoms with Crippen LogP contribution in [0.4, 0.5) is 13.2 Å². The van der Waals surface area contributed by atoms with Gasteiger partial charge in [-0.1, -0.05) is 19.3 Å². The van der Waals surface area contributed by atoms with Gasteiger partial charge in [0.05, 0.1) is 6.61 Å². The van der Waals surface area contributed by atoms with E-state index in [9.17, 15) is 26.4 Å². The first-order valence-corrected chi connectivity index (χ1v) is 7.24. The molecule has 0 N–H and O–H groups in total. The number of esters is 1. The van der Waals surface area contributed by atoms with Crippen LogP contribution in [-0.2, 0) is 23.8 Å². The SMILES string of the molecule is CCOC(=O)C(CC1CCC1)OS(=O)(=O)C(F)(F)F. The number of ether oxygens (including phenoxy) is 1. The summed E-state index contributed by atoms with van der Waals surface area (Å²) < 4.78 is 67.0. The van der Waals surface area contributed by atoms with Gasteiger partial charge in [0.1, 0.15) is 0 Å². The van der Waals surface area contributed by atoms with Crippen LogP contribution in [0.5, 0.6) is 0 Å². The largest absolute Gasteiger partial charge is 0.523 e. The third-order valence-electron chi connectivity index (χ3n) is 2.85. The average Bonchev–Trinajstić information content (AvgIpc) is 2.19. The van der Waals surface area contributed by atoms with Gasteiger partial charge in [0.2, 0.25) is 0 Å². The number of carbonyl (C=O) groups is 1. The van der Waals surface area contributed by atoms with Crippen LogP contribution in [0.1, 0.15) is 32.6 Å². The van der Waals surface area contributed by atoms with Crippen molar-refractivity contribution in [3.63, 3.8) is 0 Å². The molecule has 1 aliphatic rings. The van der Waals surface area contributed by atoms with Crippen molar-refractivity contribution >= 4 is 16.1 Å². The maximum absolute atomic E-state index is 12.2. The monoisotopic (exact) mass is 304 g/mol. The van der Waals surface area contributed by atoms with Crippen molar-refractivity contribution < 1.29 is 35.3 Å². The summed E-state index contributed by atoms with van der Waals surface area (Å²) in [5.41, 5.74) is -5.54. The summed E-state index contributed by atoms with van der Waals surface area (Å²) in [6.07, 6.45) is 0.591. The lowest BCUT2D eigenvalue weighted by atomic mass is 9.81. The zero-order valence-electron chi connectivity index (χ0n) is 10.3. The van der Waals surface area contributed by atoms with Crippen LogP contribution >= 0.6 is 0 Å². The molecule has 0 aromatic rings. The fourth-order valence-electron chi connectivity index (χ4n) is 1.65. The zero-order chi connectivity index (χ0) is 14.7. The van der Waals surface area contributed by atoms with E-state index in [1.165, 1.54) is 6.92 Å². The fourth-order valence-corrected chi connectivity index (χ4v) is 2.22. The molecule has 0 aromatic carbocycles. The number of carbonyl (C=O) groups excluding carboxylic acids is 1. The molecule has 5 nitrogen and oxygen atoms in total. The molecule has 1 rings (SSSR count). The first-order chi connectivity index (χ1) is 8.67. The highest BCUT2D eigenvalue weighted by Crippen LogP contribution is 2.33. The molecular formula is C10H15F3O5S. The van der Waals surface area contributed by atoms with Crippen molar-refractivity contribution in [2.24, 2.45) is 5.92 Å². The molecule has 0 aromatic heterocycles. The van der Waals surface area contributed by atoms with E-state index in [1.54, 1.807) is 0 Å². The summed E-state index contributed by atoms with van der Waals surface area (Å²) in [5, 5.41) is 0. The minimum Gasteiger partial charge on any atom is -0.464 e. The van der Waals surface area contributed by atoms with E-state index in [-0.39, 0.29) is 18.9 Å². The Labute approximate surface area is 109 Å². The molecule has 0 spiro atoms. The Balaban J connectivity index is 2.75. The van der Waals surface area contributed by atoms with Gasteiger partial charge in [-0.25, -0.2) is 8.98 Å². The number of rotatable bonds is 6. The van der Waals surface area contributed by atoms with Gasteiger partial charge in [0, 0.05) is 0 Å². The van der Waals surface area contributed by atoms with Gasteiger partial charge in [-0.3, -0.25) is 0 Å². The van der Waals surface area contributed by atoms with Gasteiger partial charge in [-0.05, 0) is 19.3 Å². The predicted octanol–water partition coefficient (Wildman–Crippen LogP) is 1.97. The summed E-state index contributed by atoms with van der Waals surface area (Å²) in [5.74, 6) is -1.08. The Kier molecular flexibility index (Phi) is 5.19. The molecule has 1 fully saturated rings. The Morgan fingerprint density at radius 2 is 1.95 bits per heavy atom. The first-order valence-electron chi connectivity index (χ1n) is 5.83. The highest BCUT2D eigenvalue weighted by Gasteiger charge is 2.50. The highest BCUT2D eigenvalue weighted by atomic mass is 32.2. The van der Waals surface area contributed by atoms with Gasteiger partial charge in [0.15, 0.2) is 6.10 Å². The molecule has 0 aliphatic heterocycles. The van der Waals surface area contributed by atoms with E-state index in [0.29, 0.717) is 0 Å². The van der Waals surface area contributed by atoms with Crippen LogP contribution in [0.15, 0.2) is 0 Å². The minimum atomic E-state index is -5.79. The molecule has 0 bridgehead atoms. The molecule has 1 unspecified atom stereocenters. The minimum absolute atomic E-state index is 0.00200. The van der Waals surface area contributed by atoms with Crippen molar-refractivity contribution in [2.45, 2.75) is 44.2 Å². The second-order valence-corrected chi connectivity index (χ2v) is 5.83. The molecule has 0 saturated heterocycles. The first kappa shape index (κ1) is 16.2. The van der Waals surface area contributed by atoms with Gasteiger partial charge in [-0.2, -0.15) is 21.6 Å². The van der Waals surface area contributed by atoms with E-state index in [2.05, 4.69) is 8.92 Å². The average molecular weight is 304 g/mol. The van der Waals surface area contributed by atoms with Crippen molar-refractivity contribution in [3.8, 4) is 0 Å². The van der Waals surface area contributed by atoms with E-state index >= 15 is 0 Å². The molecule has 1 atom stereocenters. The lowest BCUT2D eigenvalue weighted by molar-refractivity contribution is -0.153. The van der Waals surface area contributed by atoms with Crippen molar-refractivity contribution in [3.05, 3.63) is 0 Å². The molecule has 112 valence electrons. The van der Waals surface area contributed by atoms with Crippen LogP contribution in [0.2, 0.25) is 0 Å². The van der Waals surface area contributed by atoms with Gasteiger partial charge in [0.25, 0.3) is 0 Å². The molecule has 0 amide bonds. The second kappa shape index (κ2) is 6.08. The third kappa shape index (κ3) is 4.34. The topological polar surface area (TPSA) is 69.7 Å². The Hall–Kier alpha value is -0.830. The highest BCUT2D eigenvalue weighted by molar-refractivity contribution is 7.87. The van der Waals surface area contributed by atoms with Gasteiger partial charge in [-0.15, -0.1) is 0 Å². The summed E-state index contributed by atoms with van der Waals surface area (Å²) in [6.45, 7) is 1.41. The zero-order valence-corrected chi connectivity index (χ0v) is 11.1. The lowest BCUT2D eigenvalue weighted by Crippen LogP contribution is -2.37. The molecule has 19 heavy (non-hydrogen) atoms. The third-order valence-corrected chi connectivity index (χ3v) is 3.90. The van der Waals surface area contributed by atoms with Crippen LogP contribution in [0, 0.1) is 5.92 Å². The van der Waals surface area contributed by atoms with Crippen molar-refractivity contribution in [1.29, 1.82) is 0 Å². The van der Waals surface area contributed by atoms with Crippen molar-refractivity contribution in [2.75, 3.05) is 6.61 Å². The second-order valence-electron chi connectivity index (χ2n) is 4.27. The normalized spacial score (nSPS) is 18.7. The number of alkyl halides is 3. The summed E-state index contributed by atoms with van der Waals surface area (Å²) in [4.78, 5) is 11.4. The van der Waals surface area contributed by atoms with Gasteiger partial charge < -0.3 is 4.74 Å². The maximum Gasteiger partial charge on any atom is 0.523 e. The molecule has 1 saturated carbocycles. The van der Waals surface area contributed by atoms with Gasteiger partial charge >= 0.3 is 21.6 Å². The summed E-state index contributed by atoms with van der Waals surface area (Å²) >= 11 is 0. The molecule has 0 heterocycles. The van der Waals surface area contributed by atoms with E-state index in [1.807, 2.05) is 0 Å². The van der Waals surface area contributed by atoms with Crippen LogP contribution in [0.25, 0.3) is 0 Å². The molecule has 1 aliphatic carbocycles. The lowest BCUT2D eigenvalue weighted by Gasteiger charge is -2.28. The van der Waals surface area contributed by atoms with Crippen LogP contribution in [-0.4, -0.2) is 32.6 Å². The Bertz CT molecular complexity index is 413. The quantitative estimate of drug-likeness (QED) is 0.426. The molecule has 0 radical (unpaired) electrons. The van der Waals surface area contributed by atoms with Crippen LogP contribution < -0.4 is 0 Å². The standard InChI is InChI=1S/C10H15F3O5S/c1-2-17-9(14)8(6-7-4-3-5-7)18-19(15,16)10(11,12)13/h7-8H,2-6H2,1H3. The summed E-state index contributed by atoms with van der Waals surface area (Å²) in [6, 6.07) is 0. The Morgan fingerprint density at radius 1 is 1.37 bits per heavy atom. The maximum atomic E-state index is 12.2. The number of hydrogen-bond acceptors (Lipinski definition) is 5. The van der Waals surface area contributed by atoms with E-state index in [4.69, 9.17) is 0 Å². The van der Waals surface area contributed by atoms with E-state index < -0.39 is 27.7 Å². The molecular weight excluding hydrogens is 289 g/mol. The summed E-state index contributed by atoms with van der Waals surface area (Å²) in [7, 11) is -5.79. The Morgan fingerprint density at radius 3 is 2.32 bits per heavy atom. The number of hydrogen-bond donors (Lipinski definition) is 0.